The van der Waals surface area contributed by atoms with Gasteiger partial charge in [0, 0.05) is 26.2 Å². The maximum Gasteiger partial charge on any atom is 0.233 e. The number of carbonyl (C=O) groups excluding carboxylic acids is 1. The first kappa shape index (κ1) is 19.0. The lowest BCUT2D eigenvalue weighted by Crippen LogP contribution is -2.46. The minimum absolute atomic E-state index is 0.270. The van der Waals surface area contributed by atoms with Crippen LogP contribution in [0, 0.1) is 11.8 Å². The van der Waals surface area contributed by atoms with Crippen molar-refractivity contribution in [1.82, 2.24) is 9.80 Å². The zero-order valence-electron chi connectivity index (χ0n) is 16.7. The molecular weight excluding hydrogens is 328 g/mol. The number of ether oxygens (including phenoxy) is 2. The fraction of sp³-hybridized carbons (Fsp3) is 0.667. The van der Waals surface area contributed by atoms with Crippen molar-refractivity contribution in [3.05, 3.63) is 23.8 Å². The van der Waals surface area contributed by atoms with Gasteiger partial charge in [0.1, 0.15) is 0 Å². The Bertz CT molecular complexity index is 643. The minimum Gasteiger partial charge on any atom is -0.493 e. The number of amides is 1. The molecule has 5 heteroatoms. The molecule has 0 saturated carbocycles. The molecule has 26 heavy (non-hydrogen) atoms. The van der Waals surface area contributed by atoms with E-state index in [9.17, 15) is 4.79 Å². The van der Waals surface area contributed by atoms with Gasteiger partial charge in [-0.1, -0.05) is 19.9 Å². The maximum absolute atomic E-state index is 13.6. The van der Waals surface area contributed by atoms with Crippen LogP contribution in [0.2, 0.25) is 0 Å². The molecule has 2 atom stereocenters. The summed E-state index contributed by atoms with van der Waals surface area (Å²) in [6.07, 6.45) is 1.56. The fourth-order valence-electron chi connectivity index (χ4n) is 4.91. The van der Waals surface area contributed by atoms with E-state index < -0.39 is 5.41 Å². The molecule has 1 aromatic rings. The number of benzene rings is 1. The molecule has 2 aliphatic heterocycles. The summed E-state index contributed by atoms with van der Waals surface area (Å²) < 4.78 is 10.9. The Labute approximate surface area is 157 Å². The summed E-state index contributed by atoms with van der Waals surface area (Å²) in [5, 5.41) is 0. The largest absolute Gasteiger partial charge is 0.493 e. The van der Waals surface area contributed by atoms with Crippen molar-refractivity contribution < 1.29 is 14.3 Å². The molecule has 0 bridgehead atoms. The third-order valence-electron chi connectivity index (χ3n) is 6.51. The summed E-state index contributed by atoms with van der Waals surface area (Å²) in [7, 11) is 5.45. The first-order chi connectivity index (χ1) is 12.5. The average molecular weight is 360 g/mol. The second-order valence-electron chi connectivity index (χ2n) is 7.81. The highest BCUT2D eigenvalue weighted by molar-refractivity contribution is 5.88. The molecule has 3 rings (SSSR count). The van der Waals surface area contributed by atoms with Gasteiger partial charge in [-0.2, -0.15) is 0 Å². The van der Waals surface area contributed by atoms with E-state index in [-0.39, 0.29) is 5.91 Å². The smallest absolute Gasteiger partial charge is 0.233 e. The second-order valence-corrected chi connectivity index (χ2v) is 7.81. The van der Waals surface area contributed by atoms with Gasteiger partial charge in [-0.3, -0.25) is 4.79 Å². The quantitative estimate of drug-likeness (QED) is 0.782. The monoisotopic (exact) mass is 360 g/mol. The number of rotatable bonds is 6. The number of nitrogens with zero attached hydrogens (tertiary/aromatic N) is 2. The van der Waals surface area contributed by atoms with Gasteiger partial charge in [0.15, 0.2) is 11.5 Å². The van der Waals surface area contributed by atoms with Crippen LogP contribution in [0.25, 0.3) is 0 Å². The van der Waals surface area contributed by atoms with Crippen LogP contribution in [-0.2, 0) is 10.2 Å². The lowest BCUT2D eigenvalue weighted by Gasteiger charge is -2.35. The van der Waals surface area contributed by atoms with Gasteiger partial charge in [-0.15, -0.1) is 0 Å². The van der Waals surface area contributed by atoms with E-state index in [0.717, 1.165) is 44.6 Å². The Hall–Kier alpha value is -1.75. The van der Waals surface area contributed by atoms with E-state index >= 15 is 0 Å². The third kappa shape index (κ3) is 3.07. The summed E-state index contributed by atoms with van der Waals surface area (Å²) in [5.41, 5.74) is 0.531. The molecule has 2 fully saturated rings. The van der Waals surface area contributed by atoms with Crippen molar-refractivity contribution in [2.24, 2.45) is 11.8 Å². The molecule has 0 unspecified atom stereocenters. The van der Waals surface area contributed by atoms with E-state index in [2.05, 4.69) is 30.7 Å². The fourth-order valence-corrected chi connectivity index (χ4v) is 4.91. The molecule has 5 nitrogen and oxygen atoms in total. The molecule has 0 aromatic heterocycles. The second kappa shape index (κ2) is 7.47. The molecule has 0 radical (unpaired) electrons. The highest BCUT2D eigenvalue weighted by Gasteiger charge is 2.46. The van der Waals surface area contributed by atoms with Crippen LogP contribution < -0.4 is 9.47 Å². The summed E-state index contributed by atoms with van der Waals surface area (Å²) in [6.45, 7) is 8.23. The Morgan fingerprint density at radius 2 is 1.62 bits per heavy atom. The normalized spacial score (nSPS) is 23.2. The van der Waals surface area contributed by atoms with E-state index in [1.165, 1.54) is 0 Å². The summed E-state index contributed by atoms with van der Waals surface area (Å²) in [5.74, 6) is 2.90. The molecule has 2 saturated heterocycles. The minimum atomic E-state index is -0.496. The molecule has 2 heterocycles. The van der Waals surface area contributed by atoms with Crippen LogP contribution in [0.3, 0.4) is 0 Å². The van der Waals surface area contributed by atoms with Gasteiger partial charge in [-0.05, 0) is 49.4 Å². The van der Waals surface area contributed by atoms with Gasteiger partial charge >= 0.3 is 0 Å². The van der Waals surface area contributed by atoms with Gasteiger partial charge in [0.25, 0.3) is 0 Å². The predicted octanol–water partition coefficient (Wildman–Crippen LogP) is 2.78. The molecule has 1 aromatic carbocycles. The van der Waals surface area contributed by atoms with Crippen LogP contribution in [0.4, 0.5) is 0 Å². The highest BCUT2D eigenvalue weighted by Crippen LogP contribution is 2.41. The number of carbonyl (C=O) groups is 1. The number of likely N-dealkylation sites (tertiary alicyclic amines) is 2. The molecule has 144 valence electrons. The van der Waals surface area contributed by atoms with Crippen molar-refractivity contribution in [2.45, 2.75) is 32.1 Å². The van der Waals surface area contributed by atoms with Crippen molar-refractivity contribution in [1.29, 1.82) is 0 Å². The summed E-state index contributed by atoms with van der Waals surface area (Å²) >= 11 is 0. The van der Waals surface area contributed by atoms with Gasteiger partial charge in [0.05, 0.1) is 19.6 Å². The van der Waals surface area contributed by atoms with Crippen molar-refractivity contribution in [3.8, 4) is 11.5 Å². The Morgan fingerprint density at radius 1 is 1.04 bits per heavy atom. The number of fused-ring (bicyclic) bond motifs is 1. The SMILES string of the molecule is CCC(CC)(C(=O)N1C[C@H]2CN(C)C[C@H]2C1)c1ccc(OC)c(OC)c1. The third-order valence-corrected chi connectivity index (χ3v) is 6.51. The van der Waals surface area contributed by atoms with Crippen molar-refractivity contribution in [2.75, 3.05) is 47.4 Å². The topological polar surface area (TPSA) is 42.0 Å². The van der Waals surface area contributed by atoms with Gasteiger partial charge in [-0.25, -0.2) is 0 Å². The highest BCUT2D eigenvalue weighted by atomic mass is 16.5. The van der Waals surface area contributed by atoms with E-state index in [0.29, 0.717) is 23.3 Å². The van der Waals surface area contributed by atoms with Crippen molar-refractivity contribution in [3.63, 3.8) is 0 Å². The maximum atomic E-state index is 13.6. The standard InChI is InChI=1S/C21H32N2O3/c1-6-21(7-2,17-8-9-18(25-4)19(10-17)26-5)20(24)23-13-15-11-22(3)12-16(15)14-23/h8-10,15-16H,6-7,11-14H2,1-5H3/t15-,16+. The lowest BCUT2D eigenvalue weighted by atomic mass is 9.74. The van der Waals surface area contributed by atoms with Crippen LogP contribution in [0.15, 0.2) is 18.2 Å². The zero-order chi connectivity index (χ0) is 18.9. The first-order valence-electron chi connectivity index (χ1n) is 9.69. The molecule has 0 N–H and O–H groups in total. The Balaban J connectivity index is 1.89. The Kier molecular flexibility index (Phi) is 5.47. The summed E-state index contributed by atoms with van der Waals surface area (Å²) in [4.78, 5) is 18.1. The molecule has 0 spiro atoms. The zero-order valence-corrected chi connectivity index (χ0v) is 16.7. The molecule has 0 aliphatic carbocycles. The van der Waals surface area contributed by atoms with Crippen LogP contribution in [0.5, 0.6) is 11.5 Å². The van der Waals surface area contributed by atoms with E-state index in [1.807, 2.05) is 18.2 Å². The van der Waals surface area contributed by atoms with Crippen LogP contribution in [-0.4, -0.2) is 63.2 Å². The molecule has 1 amide bonds. The van der Waals surface area contributed by atoms with Gasteiger partial charge < -0.3 is 19.3 Å². The number of methoxy groups -OCH3 is 2. The first-order valence-corrected chi connectivity index (χ1v) is 9.69. The lowest BCUT2D eigenvalue weighted by molar-refractivity contribution is -0.137. The number of hydrogen-bond acceptors (Lipinski definition) is 4. The molecular formula is C21H32N2O3. The Morgan fingerprint density at radius 3 is 2.12 bits per heavy atom. The van der Waals surface area contributed by atoms with Gasteiger partial charge in [0.2, 0.25) is 5.91 Å². The van der Waals surface area contributed by atoms with Crippen LogP contribution >= 0.6 is 0 Å². The number of hydrogen-bond donors (Lipinski definition) is 0. The summed E-state index contributed by atoms with van der Waals surface area (Å²) in [6, 6.07) is 5.92. The van der Waals surface area contributed by atoms with E-state index in [1.54, 1.807) is 14.2 Å². The van der Waals surface area contributed by atoms with Crippen LogP contribution in [0.1, 0.15) is 32.3 Å². The molecule has 2 aliphatic rings. The van der Waals surface area contributed by atoms with E-state index in [4.69, 9.17) is 9.47 Å². The van der Waals surface area contributed by atoms with Crippen molar-refractivity contribution >= 4 is 5.91 Å². The predicted molar refractivity (Wildman–Crippen MR) is 103 cm³/mol. The average Bonchev–Trinajstić information content (AvgIpc) is 3.20.